The van der Waals surface area contributed by atoms with Gasteiger partial charge in [-0.05, 0) is 42.4 Å². The molecule has 2 aliphatic heterocycles. The van der Waals surface area contributed by atoms with Crippen molar-refractivity contribution in [2.45, 2.75) is 31.3 Å². The molecule has 1 aromatic carbocycles. The zero-order valence-corrected chi connectivity index (χ0v) is 10.8. The van der Waals surface area contributed by atoms with Crippen molar-refractivity contribution < 1.29 is 4.74 Å². The van der Waals surface area contributed by atoms with Gasteiger partial charge < -0.3 is 10.1 Å². The van der Waals surface area contributed by atoms with E-state index in [0.717, 1.165) is 18.8 Å². The van der Waals surface area contributed by atoms with E-state index in [1.54, 1.807) is 0 Å². The van der Waals surface area contributed by atoms with Crippen molar-refractivity contribution in [3.63, 3.8) is 0 Å². The molecular formula is C14H19NOS. The number of thioether (sulfide) groups is 1. The monoisotopic (exact) mass is 249 g/mol. The van der Waals surface area contributed by atoms with Crippen LogP contribution in [-0.2, 0) is 6.42 Å². The Kier molecular flexibility index (Phi) is 3.57. The lowest BCUT2D eigenvalue weighted by Gasteiger charge is -2.31. The first-order valence-electron chi connectivity index (χ1n) is 6.46. The maximum Gasteiger partial charge on any atom is 0.122 e. The highest BCUT2D eigenvalue weighted by Crippen LogP contribution is 2.25. The summed E-state index contributed by atoms with van der Waals surface area (Å²) in [6.07, 6.45) is 3.73. The van der Waals surface area contributed by atoms with E-state index >= 15 is 0 Å². The highest BCUT2D eigenvalue weighted by atomic mass is 32.2. The number of fused-ring (bicyclic) bond motifs is 1. The molecule has 17 heavy (non-hydrogen) atoms. The molecule has 0 aromatic heterocycles. The second-order valence-electron chi connectivity index (χ2n) is 4.87. The van der Waals surface area contributed by atoms with Gasteiger partial charge in [0.2, 0.25) is 0 Å². The summed E-state index contributed by atoms with van der Waals surface area (Å²) in [5.41, 5.74) is 1.35. The summed E-state index contributed by atoms with van der Waals surface area (Å²) in [5, 5.41) is 3.76. The van der Waals surface area contributed by atoms with E-state index in [9.17, 15) is 0 Å². The molecule has 0 bridgehead atoms. The van der Waals surface area contributed by atoms with Crippen LogP contribution in [0.3, 0.4) is 0 Å². The fraction of sp³-hybridized carbons (Fsp3) is 0.571. The number of hydrogen-bond acceptors (Lipinski definition) is 3. The van der Waals surface area contributed by atoms with Crippen LogP contribution < -0.4 is 10.1 Å². The molecule has 2 nitrogen and oxygen atoms in total. The molecule has 1 aromatic rings. The number of para-hydroxylation sites is 1. The zero-order valence-electron chi connectivity index (χ0n) is 10.0. The summed E-state index contributed by atoms with van der Waals surface area (Å²) < 4.78 is 5.81. The molecule has 0 spiro atoms. The first kappa shape index (κ1) is 11.4. The molecule has 0 saturated carbocycles. The van der Waals surface area contributed by atoms with E-state index in [2.05, 4.69) is 35.3 Å². The predicted octanol–water partition coefficient (Wildman–Crippen LogP) is 2.48. The molecule has 3 heteroatoms. The van der Waals surface area contributed by atoms with Crippen LogP contribution in [0, 0.1) is 0 Å². The minimum Gasteiger partial charge on any atom is -0.492 e. The lowest BCUT2D eigenvalue weighted by atomic mass is 10.0. The van der Waals surface area contributed by atoms with E-state index in [-0.39, 0.29) is 0 Å². The van der Waals surface area contributed by atoms with Gasteiger partial charge in [0, 0.05) is 12.1 Å². The van der Waals surface area contributed by atoms with Gasteiger partial charge >= 0.3 is 0 Å². The number of rotatable bonds is 2. The lowest BCUT2D eigenvalue weighted by molar-refractivity contribution is 0.224. The Morgan fingerprint density at radius 3 is 2.82 bits per heavy atom. The van der Waals surface area contributed by atoms with Gasteiger partial charge in [-0.1, -0.05) is 18.2 Å². The van der Waals surface area contributed by atoms with Crippen LogP contribution in [0.5, 0.6) is 5.75 Å². The zero-order chi connectivity index (χ0) is 11.5. The topological polar surface area (TPSA) is 21.3 Å². The fourth-order valence-electron chi connectivity index (χ4n) is 2.63. The van der Waals surface area contributed by atoms with Crippen molar-refractivity contribution in [2.24, 2.45) is 0 Å². The standard InChI is InChI=1S/C14H19NOS/c1-2-4-14-11(3-1)9-13(10-16-14)15-12-5-7-17-8-6-12/h1-4,12-13,15H,5-10H2. The van der Waals surface area contributed by atoms with Crippen molar-refractivity contribution >= 4 is 11.8 Å². The van der Waals surface area contributed by atoms with Gasteiger partial charge in [-0.25, -0.2) is 0 Å². The number of ether oxygens (including phenoxy) is 1. The minimum atomic E-state index is 0.498. The number of benzene rings is 1. The molecule has 2 aliphatic rings. The molecule has 0 amide bonds. The van der Waals surface area contributed by atoms with E-state index in [0.29, 0.717) is 12.1 Å². The Labute approximate surface area is 107 Å². The minimum absolute atomic E-state index is 0.498. The second kappa shape index (κ2) is 5.32. The number of hydrogen-bond donors (Lipinski definition) is 1. The van der Waals surface area contributed by atoms with E-state index < -0.39 is 0 Å². The van der Waals surface area contributed by atoms with Gasteiger partial charge in [-0.3, -0.25) is 0 Å². The molecule has 0 aliphatic carbocycles. The Hall–Kier alpha value is -0.670. The smallest absolute Gasteiger partial charge is 0.122 e. The third kappa shape index (κ3) is 2.78. The molecule has 1 unspecified atom stereocenters. The largest absolute Gasteiger partial charge is 0.492 e. The molecule has 3 rings (SSSR count). The summed E-state index contributed by atoms with van der Waals surface area (Å²) in [7, 11) is 0. The van der Waals surface area contributed by atoms with E-state index in [1.807, 2.05) is 6.07 Å². The highest BCUT2D eigenvalue weighted by molar-refractivity contribution is 7.99. The average molecular weight is 249 g/mol. The Balaban J connectivity index is 1.60. The van der Waals surface area contributed by atoms with Crippen LogP contribution in [0.15, 0.2) is 24.3 Å². The van der Waals surface area contributed by atoms with Crippen LogP contribution in [0.4, 0.5) is 0 Å². The third-order valence-corrected chi connectivity index (χ3v) is 4.62. The Bertz CT molecular complexity index is 376. The van der Waals surface area contributed by atoms with Crippen molar-refractivity contribution in [1.82, 2.24) is 5.32 Å². The summed E-state index contributed by atoms with van der Waals surface area (Å²) >= 11 is 2.08. The lowest BCUT2D eigenvalue weighted by Crippen LogP contribution is -2.46. The quantitative estimate of drug-likeness (QED) is 0.870. The molecule has 0 radical (unpaired) electrons. The first-order chi connectivity index (χ1) is 8.42. The van der Waals surface area contributed by atoms with Crippen LogP contribution >= 0.6 is 11.8 Å². The summed E-state index contributed by atoms with van der Waals surface area (Å²) in [6, 6.07) is 9.60. The highest BCUT2D eigenvalue weighted by Gasteiger charge is 2.23. The predicted molar refractivity (Wildman–Crippen MR) is 72.9 cm³/mol. The van der Waals surface area contributed by atoms with Crippen LogP contribution in [0.2, 0.25) is 0 Å². The maximum absolute atomic E-state index is 5.81. The number of nitrogens with one attached hydrogen (secondary N) is 1. The Morgan fingerprint density at radius 1 is 1.12 bits per heavy atom. The van der Waals surface area contributed by atoms with E-state index in [4.69, 9.17) is 4.74 Å². The van der Waals surface area contributed by atoms with Crippen LogP contribution in [-0.4, -0.2) is 30.2 Å². The van der Waals surface area contributed by atoms with Crippen LogP contribution in [0.25, 0.3) is 0 Å². The summed E-state index contributed by atoms with van der Waals surface area (Å²) in [6.45, 7) is 0.820. The van der Waals surface area contributed by atoms with Gasteiger partial charge in [-0.2, -0.15) is 11.8 Å². The Morgan fingerprint density at radius 2 is 1.94 bits per heavy atom. The van der Waals surface area contributed by atoms with E-state index in [1.165, 1.54) is 29.9 Å². The molecular weight excluding hydrogens is 230 g/mol. The molecule has 1 saturated heterocycles. The first-order valence-corrected chi connectivity index (χ1v) is 7.62. The second-order valence-corrected chi connectivity index (χ2v) is 6.10. The average Bonchev–Trinajstić information content (AvgIpc) is 2.40. The van der Waals surface area contributed by atoms with Crippen molar-refractivity contribution in [3.8, 4) is 5.75 Å². The molecule has 92 valence electrons. The summed E-state index contributed by atoms with van der Waals surface area (Å²) in [4.78, 5) is 0. The van der Waals surface area contributed by atoms with Crippen molar-refractivity contribution in [1.29, 1.82) is 0 Å². The van der Waals surface area contributed by atoms with Gasteiger partial charge in [0.05, 0.1) is 0 Å². The van der Waals surface area contributed by atoms with Gasteiger partial charge in [0.1, 0.15) is 12.4 Å². The van der Waals surface area contributed by atoms with Gasteiger partial charge in [0.15, 0.2) is 0 Å². The van der Waals surface area contributed by atoms with Crippen molar-refractivity contribution in [2.75, 3.05) is 18.1 Å². The molecule has 2 heterocycles. The van der Waals surface area contributed by atoms with Crippen molar-refractivity contribution in [3.05, 3.63) is 29.8 Å². The fourth-order valence-corrected chi connectivity index (χ4v) is 3.74. The SMILES string of the molecule is c1ccc2c(c1)CC(NC1CCSCC1)CO2. The van der Waals surface area contributed by atoms with Gasteiger partial charge in [-0.15, -0.1) is 0 Å². The normalized spacial score (nSPS) is 25.1. The molecule has 1 atom stereocenters. The van der Waals surface area contributed by atoms with Crippen LogP contribution in [0.1, 0.15) is 18.4 Å². The third-order valence-electron chi connectivity index (χ3n) is 3.57. The van der Waals surface area contributed by atoms with Gasteiger partial charge in [0.25, 0.3) is 0 Å². The molecule has 1 N–H and O–H groups in total. The maximum atomic E-state index is 5.81. The summed E-state index contributed by atoms with van der Waals surface area (Å²) in [5.74, 6) is 3.69. The molecule has 1 fully saturated rings.